The second-order valence-corrected chi connectivity index (χ2v) is 8.07. The van der Waals surface area contributed by atoms with Gasteiger partial charge in [0.2, 0.25) is 5.91 Å². The number of aromatic nitrogens is 2. The summed E-state index contributed by atoms with van der Waals surface area (Å²) in [7, 11) is 0. The average molecular weight is 456 g/mol. The summed E-state index contributed by atoms with van der Waals surface area (Å²) in [5.41, 5.74) is 4.45. The smallest absolute Gasteiger partial charge is 0.323 e. The van der Waals surface area contributed by atoms with Gasteiger partial charge in [0, 0.05) is 17.9 Å². The Bertz CT molecular complexity index is 1430. The Morgan fingerprint density at radius 2 is 1.62 bits per heavy atom. The lowest BCUT2D eigenvalue weighted by Gasteiger charge is -2.11. The number of hydrogen-bond acceptors (Lipinski definition) is 4. The number of amides is 3. The van der Waals surface area contributed by atoms with Crippen LogP contribution in [0, 0.1) is 13.8 Å². The lowest BCUT2D eigenvalue weighted by atomic mass is 10.1. The molecule has 4 aromatic rings. The standard InChI is InChI=1S/C26H25N5O3/c1-17-6-3-9-20(12-17)29-26(34)30-21-10-5-8-19(13-21)14-27-23(32)15-31-16-28-24-18(2)7-4-11-22(24)25(31)33/h3-13,16H,14-15H2,1-2H3,(H,27,32)(H2,29,30,34). The number of para-hydroxylation sites is 1. The van der Waals surface area contributed by atoms with E-state index in [2.05, 4.69) is 20.9 Å². The lowest BCUT2D eigenvalue weighted by molar-refractivity contribution is -0.121. The number of urea groups is 1. The third kappa shape index (κ3) is 5.47. The Kier molecular flexibility index (Phi) is 6.68. The molecule has 0 aliphatic rings. The molecular formula is C26H25N5O3. The van der Waals surface area contributed by atoms with Gasteiger partial charge in [-0.1, -0.05) is 36.4 Å². The highest BCUT2D eigenvalue weighted by molar-refractivity contribution is 5.99. The minimum absolute atomic E-state index is 0.132. The van der Waals surface area contributed by atoms with Crippen LogP contribution in [-0.4, -0.2) is 21.5 Å². The van der Waals surface area contributed by atoms with Gasteiger partial charge in [0.1, 0.15) is 6.54 Å². The van der Waals surface area contributed by atoms with Crippen molar-refractivity contribution in [2.45, 2.75) is 26.9 Å². The molecule has 4 rings (SSSR count). The summed E-state index contributed by atoms with van der Waals surface area (Å²) in [6.07, 6.45) is 1.40. The monoisotopic (exact) mass is 455 g/mol. The van der Waals surface area contributed by atoms with E-state index in [9.17, 15) is 14.4 Å². The van der Waals surface area contributed by atoms with Crippen LogP contribution in [0.5, 0.6) is 0 Å². The molecule has 1 aromatic heterocycles. The van der Waals surface area contributed by atoms with Crippen LogP contribution in [0.4, 0.5) is 16.2 Å². The van der Waals surface area contributed by atoms with E-state index in [0.717, 1.165) is 16.7 Å². The van der Waals surface area contributed by atoms with E-state index in [0.29, 0.717) is 22.3 Å². The zero-order valence-electron chi connectivity index (χ0n) is 19.0. The Balaban J connectivity index is 1.35. The van der Waals surface area contributed by atoms with Crippen molar-refractivity contribution < 1.29 is 9.59 Å². The molecule has 34 heavy (non-hydrogen) atoms. The minimum Gasteiger partial charge on any atom is -0.350 e. The molecule has 3 amide bonds. The highest BCUT2D eigenvalue weighted by Gasteiger charge is 2.10. The molecule has 0 radical (unpaired) electrons. The van der Waals surface area contributed by atoms with Crippen molar-refractivity contribution in [3.8, 4) is 0 Å². The van der Waals surface area contributed by atoms with Crippen molar-refractivity contribution in [1.29, 1.82) is 0 Å². The largest absolute Gasteiger partial charge is 0.350 e. The maximum absolute atomic E-state index is 12.7. The Hall–Kier alpha value is -4.46. The molecule has 3 aromatic carbocycles. The quantitative estimate of drug-likeness (QED) is 0.409. The average Bonchev–Trinajstić information content (AvgIpc) is 2.80. The zero-order valence-corrected chi connectivity index (χ0v) is 19.0. The van der Waals surface area contributed by atoms with Crippen LogP contribution in [0.2, 0.25) is 0 Å². The van der Waals surface area contributed by atoms with Crippen molar-refractivity contribution in [2.75, 3.05) is 10.6 Å². The number of fused-ring (bicyclic) bond motifs is 1. The normalized spacial score (nSPS) is 10.6. The number of rotatable bonds is 6. The summed E-state index contributed by atoms with van der Waals surface area (Å²) in [6, 6.07) is 19.7. The van der Waals surface area contributed by atoms with Crippen LogP contribution in [0.3, 0.4) is 0 Å². The van der Waals surface area contributed by atoms with E-state index in [1.807, 2.05) is 50.2 Å². The molecule has 1 heterocycles. The number of aryl methyl sites for hydroxylation is 2. The van der Waals surface area contributed by atoms with Gasteiger partial charge in [-0.3, -0.25) is 14.2 Å². The second kappa shape index (κ2) is 9.99. The maximum Gasteiger partial charge on any atom is 0.323 e. The van der Waals surface area contributed by atoms with Gasteiger partial charge in [-0.05, 0) is 60.9 Å². The zero-order chi connectivity index (χ0) is 24.1. The SMILES string of the molecule is Cc1cccc(NC(=O)Nc2cccc(CNC(=O)Cn3cnc4c(C)cccc4c3=O)c2)c1. The van der Waals surface area contributed by atoms with Gasteiger partial charge in [0.15, 0.2) is 0 Å². The number of carbonyl (C=O) groups excluding carboxylic acids is 2. The Labute approximate surface area is 196 Å². The molecule has 0 atom stereocenters. The number of benzene rings is 3. The van der Waals surface area contributed by atoms with Crippen molar-refractivity contribution in [3.63, 3.8) is 0 Å². The van der Waals surface area contributed by atoms with E-state index in [-0.39, 0.29) is 30.6 Å². The fourth-order valence-electron chi connectivity index (χ4n) is 3.64. The van der Waals surface area contributed by atoms with Crippen molar-refractivity contribution >= 4 is 34.2 Å². The predicted molar refractivity (Wildman–Crippen MR) is 133 cm³/mol. The van der Waals surface area contributed by atoms with E-state index in [1.165, 1.54) is 10.9 Å². The molecule has 0 saturated carbocycles. The fourth-order valence-corrected chi connectivity index (χ4v) is 3.64. The number of anilines is 2. The molecular weight excluding hydrogens is 430 g/mol. The number of carbonyl (C=O) groups is 2. The Morgan fingerprint density at radius 3 is 2.38 bits per heavy atom. The third-order valence-electron chi connectivity index (χ3n) is 5.32. The molecule has 8 heteroatoms. The molecule has 0 spiro atoms. The molecule has 0 unspecified atom stereocenters. The number of hydrogen-bond donors (Lipinski definition) is 3. The van der Waals surface area contributed by atoms with Crippen LogP contribution in [-0.2, 0) is 17.9 Å². The second-order valence-electron chi connectivity index (χ2n) is 8.07. The van der Waals surface area contributed by atoms with E-state index in [4.69, 9.17) is 0 Å². The van der Waals surface area contributed by atoms with E-state index < -0.39 is 0 Å². The molecule has 0 aliphatic heterocycles. The summed E-state index contributed by atoms with van der Waals surface area (Å²) in [4.78, 5) is 41.8. The molecule has 8 nitrogen and oxygen atoms in total. The van der Waals surface area contributed by atoms with Crippen molar-refractivity contribution in [2.24, 2.45) is 0 Å². The molecule has 0 aliphatic carbocycles. The summed E-state index contributed by atoms with van der Waals surface area (Å²) < 4.78 is 1.30. The topological polar surface area (TPSA) is 105 Å². The molecule has 0 fully saturated rings. The van der Waals surface area contributed by atoms with Crippen molar-refractivity contribution in [3.05, 3.63) is 100 Å². The summed E-state index contributed by atoms with van der Waals surface area (Å²) in [5, 5.41) is 8.87. The third-order valence-corrected chi connectivity index (χ3v) is 5.32. The first-order valence-electron chi connectivity index (χ1n) is 10.8. The van der Waals surface area contributed by atoms with Crippen molar-refractivity contribution in [1.82, 2.24) is 14.9 Å². The highest BCUT2D eigenvalue weighted by Crippen LogP contribution is 2.14. The molecule has 0 saturated heterocycles. The predicted octanol–water partition coefficient (Wildman–Crippen LogP) is 3.97. The van der Waals surface area contributed by atoms with E-state index >= 15 is 0 Å². The number of nitrogens with one attached hydrogen (secondary N) is 3. The van der Waals surface area contributed by atoms with Gasteiger partial charge in [0.05, 0.1) is 17.2 Å². The first kappa shape index (κ1) is 22.7. The van der Waals surface area contributed by atoms with Crippen LogP contribution >= 0.6 is 0 Å². The van der Waals surface area contributed by atoms with Gasteiger partial charge >= 0.3 is 6.03 Å². The minimum atomic E-state index is -0.356. The summed E-state index contributed by atoms with van der Waals surface area (Å²) in [6.45, 7) is 3.96. The van der Waals surface area contributed by atoms with Gasteiger partial charge < -0.3 is 16.0 Å². The summed E-state index contributed by atoms with van der Waals surface area (Å²) in [5.74, 6) is -0.313. The highest BCUT2D eigenvalue weighted by atomic mass is 16.2. The van der Waals surface area contributed by atoms with Gasteiger partial charge in [-0.25, -0.2) is 9.78 Å². The molecule has 172 valence electrons. The maximum atomic E-state index is 12.7. The van der Waals surface area contributed by atoms with Gasteiger partial charge in [-0.15, -0.1) is 0 Å². The van der Waals surface area contributed by atoms with Crippen LogP contribution in [0.25, 0.3) is 10.9 Å². The van der Waals surface area contributed by atoms with Crippen LogP contribution in [0.15, 0.2) is 77.9 Å². The van der Waals surface area contributed by atoms with E-state index in [1.54, 1.807) is 30.3 Å². The van der Waals surface area contributed by atoms with Gasteiger partial charge in [-0.2, -0.15) is 0 Å². The van der Waals surface area contributed by atoms with Gasteiger partial charge in [0.25, 0.3) is 5.56 Å². The molecule has 0 bridgehead atoms. The summed E-state index contributed by atoms with van der Waals surface area (Å²) >= 11 is 0. The first-order valence-corrected chi connectivity index (χ1v) is 10.8. The van der Waals surface area contributed by atoms with Crippen LogP contribution in [0.1, 0.15) is 16.7 Å². The number of nitrogens with zero attached hydrogens (tertiary/aromatic N) is 2. The molecule has 3 N–H and O–H groups in total. The van der Waals surface area contributed by atoms with Crippen LogP contribution < -0.4 is 21.5 Å². The fraction of sp³-hybridized carbons (Fsp3) is 0.154. The first-order chi connectivity index (χ1) is 16.4. The Morgan fingerprint density at radius 1 is 0.912 bits per heavy atom. The lowest BCUT2D eigenvalue weighted by Crippen LogP contribution is -2.32.